The predicted molar refractivity (Wildman–Crippen MR) is 58.6 cm³/mol. The molecule has 2 aliphatic rings. The van der Waals surface area contributed by atoms with Crippen LogP contribution in [0.15, 0.2) is 12.4 Å². The molecule has 0 bridgehead atoms. The maximum Gasteiger partial charge on any atom is 0.223 e. The molecule has 2 unspecified atom stereocenters. The number of nitrogens with zero attached hydrogens (tertiary/aromatic N) is 3. The van der Waals surface area contributed by atoms with Gasteiger partial charge in [-0.1, -0.05) is 0 Å². The topological polar surface area (TPSA) is 41.1 Å². The number of rotatable bonds is 2. The van der Waals surface area contributed by atoms with Crippen molar-refractivity contribution in [2.45, 2.75) is 31.3 Å². The molecule has 0 aliphatic carbocycles. The highest BCUT2D eigenvalue weighted by Crippen LogP contribution is 2.29. The number of fused-ring (bicyclic) bond motifs is 1. The van der Waals surface area contributed by atoms with Crippen molar-refractivity contribution in [1.82, 2.24) is 14.9 Å². The molecule has 0 amide bonds. The fourth-order valence-corrected chi connectivity index (χ4v) is 2.80. The standard InChI is InChI=1S/C11H15FN4/c12-8-6-13-11(14-7-8)15-9-3-5-16-4-1-2-10(9)16/h6-7,9-10H,1-5H2,(H,13,14,15). The summed E-state index contributed by atoms with van der Waals surface area (Å²) in [4.78, 5) is 10.4. The van der Waals surface area contributed by atoms with Gasteiger partial charge in [0.2, 0.25) is 5.95 Å². The lowest BCUT2D eigenvalue weighted by molar-refractivity contribution is 0.318. The molecular formula is C11H15FN4. The molecule has 16 heavy (non-hydrogen) atoms. The van der Waals surface area contributed by atoms with E-state index in [1.54, 1.807) is 0 Å². The molecule has 5 heteroatoms. The highest BCUT2D eigenvalue weighted by molar-refractivity contribution is 5.26. The van der Waals surface area contributed by atoms with Crippen molar-refractivity contribution in [2.24, 2.45) is 0 Å². The number of anilines is 1. The van der Waals surface area contributed by atoms with Gasteiger partial charge in [0.25, 0.3) is 0 Å². The second kappa shape index (κ2) is 3.97. The van der Waals surface area contributed by atoms with E-state index in [1.165, 1.54) is 31.8 Å². The molecule has 3 rings (SSSR count). The van der Waals surface area contributed by atoms with Crippen LogP contribution in [0.4, 0.5) is 10.3 Å². The Morgan fingerprint density at radius 1 is 1.25 bits per heavy atom. The van der Waals surface area contributed by atoms with E-state index in [4.69, 9.17) is 0 Å². The lowest BCUT2D eigenvalue weighted by Gasteiger charge is -2.20. The Bertz CT molecular complexity index is 367. The average Bonchev–Trinajstić information content (AvgIpc) is 2.86. The van der Waals surface area contributed by atoms with Crippen LogP contribution < -0.4 is 5.32 Å². The molecule has 0 saturated carbocycles. The van der Waals surface area contributed by atoms with Gasteiger partial charge in [-0.2, -0.15) is 0 Å². The van der Waals surface area contributed by atoms with Crippen LogP contribution in [0.25, 0.3) is 0 Å². The van der Waals surface area contributed by atoms with Gasteiger partial charge < -0.3 is 5.32 Å². The summed E-state index contributed by atoms with van der Waals surface area (Å²) in [5.74, 6) is 0.152. The Labute approximate surface area is 93.9 Å². The highest BCUT2D eigenvalue weighted by atomic mass is 19.1. The van der Waals surface area contributed by atoms with Crippen molar-refractivity contribution in [2.75, 3.05) is 18.4 Å². The van der Waals surface area contributed by atoms with Crippen LogP contribution in [0.2, 0.25) is 0 Å². The molecule has 4 nitrogen and oxygen atoms in total. The van der Waals surface area contributed by atoms with Crippen LogP contribution >= 0.6 is 0 Å². The summed E-state index contributed by atoms with van der Waals surface area (Å²) in [6, 6.07) is 1.04. The Morgan fingerprint density at radius 3 is 2.88 bits per heavy atom. The van der Waals surface area contributed by atoms with E-state index in [9.17, 15) is 4.39 Å². The summed E-state index contributed by atoms with van der Waals surface area (Å²) in [6.45, 7) is 2.37. The maximum atomic E-state index is 12.7. The quantitative estimate of drug-likeness (QED) is 0.818. The molecule has 0 aromatic carbocycles. The van der Waals surface area contributed by atoms with Gasteiger partial charge in [-0.15, -0.1) is 0 Å². The van der Waals surface area contributed by atoms with Gasteiger partial charge in [-0.05, 0) is 25.8 Å². The lowest BCUT2D eigenvalue weighted by atomic mass is 10.1. The van der Waals surface area contributed by atoms with Gasteiger partial charge in [0.15, 0.2) is 5.82 Å². The van der Waals surface area contributed by atoms with Crippen molar-refractivity contribution in [3.8, 4) is 0 Å². The Kier molecular flexibility index (Phi) is 2.47. The molecule has 2 atom stereocenters. The molecule has 0 spiro atoms. The van der Waals surface area contributed by atoms with Crippen molar-refractivity contribution in [3.05, 3.63) is 18.2 Å². The molecule has 86 valence electrons. The average molecular weight is 222 g/mol. The Hall–Kier alpha value is -1.23. The van der Waals surface area contributed by atoms with E-state index in [-0.39, 0.29) is 5.82 Å². The van der Waals surface area contributed by atoms with Crippen molar-refractivity contribution < 1.29 is 4.39 Å². The number of aromatic nitrogens is 2. The van der Waals surface area contributed by atoms with Gasteiger partial charge in [0, 0.05) is 18.6 Å². The van der Waals surface area contributed by atoms with E-state index in [1.807, 2.05) is 0 Å². The third-order valence-corrected chi connectivity index (χ3v) is 3.54. The van der Waals surface area contributed by atoms with Gasteiger partial charge >= 0.3 is 0 Å². The number of halogens is 1. The minimum Gasteiger partial charge on any atom is -0.350 e. The molecule has 1 aromatic heterocycles. The molecule has 0 radical (unpaired) electrons. The number of hydrogen-bond donors (Lipinski definition) is 1. The van der Waals surface area contributed by atoms with E-state index < -0.39 is 0 Å². The first-order valence-corrected chi connectivity index (χ1v) is 5.81. The summed E-state index contributed by atoms with van der Waals surface area (Å²) in [7, 11) is 0. The van der Waals surface area contributed by atoms with Crippen LogP contribution in [0.3, 0.4) is 0 Å². The Morgan fingerprint density at radius 2 is 2.06 bits per heavy atom. The third kappa shape index (κ3) is 1.75. The zero-order valence-corrected chi connectivity index (χ0v) is 9.06. The largest absolute Gasteiger partial charge is 0.350 e. The van der Waals surface area contributed by atoms with E-state index in [2.05, 4.69) is 20.2 Å². The van der Waals surface area contributed by atoms with Crippen LogP contribution in [0.5, 0.6) is 0 Å². The smallest absolute Gasteiger partial charge is 0.223 e. The van der Waals surface area contributed by atoms with Crippen molar-refractivity contribution in [1.29, 1.82) is 0 Å². The van der Waals surface area contributed by atoms with Crippen molar-refractivity contribution in [3.63, 3.8) is 0 Å². The zero-order valence-electron chi connectivity index (χ0n) is 9.06. The third-order valence-electron chi connectivity index (χ3n) is 3.54. The molecule has 1 N–H and O–H groups in total. The van der Waals surface area contributed by atoms with E-state index in [0.717, 1.165) is 13.0 Å². The van der Waals surface area contributed by atoms with E-state index >= 15 is 0 Å². The molecule has 1 aromatic rings. The number of hydrogen-bond acceptors (Lipinski definition) is 4. The molecule has 2 saturated heterocycles. The Balaban J connectivity index is 1.68. The van der Waals surface area contributed by atoms with Gasteiger partial charge in [-0.3, -0.25) is 4.90 Å². The highest BCUT2D eigenvalue weighted by Gasteiger charge is 2.37. The summed E-state index contributed by atoms with van der Waals surface area (Å²) in [5, 5.41) is 3.31. The number of nitrogens with one attached hydrogen (secondary N) is 1. The fourth-order valence-electron chi connectivity index (χ4n) is 2.80. The normalized spacial score (nSPS) is 29.3. The molecule has 2 aliphatic heterocycles. The SMILES string of the molecule is Fc1cnc(NC2CCN3CCCC23)nc1. The van der Waals surface area contributed by atoms with Gasteiger partial charge in [0.1, 0.15) is 0 Å². The summed E-state index contributed by atoms with van der Waals surface area (Å²) < 4.78 is 12.7. The molecule has 3 heterocycles. The first-order chi connectivity index (χ1) is 7.83. The zero-order chi connectivity index (χ0) is 11.0. The predicted octanol–water partition coefficient (Wildman–Crippen LogP) is 1.26. The molecular weight excluding hydrogens is 207 g/mol. The van der Waals surface area contributed by atoms with Crippen LogP contribution in [-0.2, 0) is 0 Å². The summed E-state index contributed by atoms with van der Waals surface area (Å²) in [5.41, 5.74) is 0. The second-order valence-electron chi connectivity index (χ2n) is 4.51. The second-order valence-corrected chi connectivity index (χ2v) is 4.51. The van der Waals surface area contributed by atoms with Crippen molar-refractivity contribution >= 4 is 5.95 Å². The first kappa shape index (κ1) is 9.96. The van der Waals surface area contributed by atoms with Crippen LogP contribution in [0.1, 0.15) is 19.3 Å². The minimum absolute atomic E-state index is 0.389. The van der Waals surface area contributed by atoms with Crippen LogP contribution in [-0.4, -0.2) is 40.0 Å². The molecule has 2 fully saturated rings. The summed E-state index contributed by atoms with van der Waals surface area (Å²) >= 11 is 0. The van der Waals surface area contributed by atoms with Crippen LogP contribution in [0, 0.1) is 5.82 Å². The van der Waals surface area contributed by atoms with E-state index in [0.29, 0.717) is 18.0 Å². The minimum atomic E-state index is -0.389. The summed E-state index contributed by atoms with van der Waals surface area (Å²) in [6.07, 6.45) is 6.07. The first-order valence-electron chi connectivity index (χ1n) is 5.81. The fraction of sp³-hybridized carbons (Fsp3) is 0.636. The van der Waals surface area contributed by atoms with Gasteiger partial charge in [-0.25, -0.2) is 14.4 Å². The monoisotopic (exact) mass is 222 g/mol. The van der Waals surface area contributed by atoms with Gasteiger partial charge in [0.05, 0.1) is 12.4 Å². The lowest BCUT2D eigenvalue weighted by Crippen LogP contribution is -2.34. The maximum absolute atomic E-state index is 12.7.